The summed E-state index contributed by atoms with van der Waals surface area (Å²) in [7, 11) is 1.46. The van der Waals surface area contributed by atoms with Gasteiger partial charge in [0.2, 0.25) is 0 Å². The van der Waals surface area contributed by atoms with E-state index in [9.17, 15) is 14.4 Å². The lowest BCUT2D eigenvalue weighted by Crippen LogP contribution is -2.46. The monoisotopic (exact) mass is 355 g/mol. The average molecular weight is 355 g/mol. The van der Waals surface area contributed by atoms with Crippen molar-refractivity contribution < 1.29 is 19.1 Å². The highest BCUT2D eigenvalue weighted by Gasteiger charge is 2.13. The molecule has 0 aromatic heterocycles. The average Bonchev–Trinajstić information content (AvgIpc) is 2.70. The van der Waals surface area contributed by atoms with Crippen LogP contribution in [0.1, 0.15) is 33.2 Å². The first-order valence-electron chi connectivity index (χ1n) is 8.14. The summed E-state index contributed by atoms with van der Waals surface area (Å²) in [5.41, 5.74) is 6.44. The lowest BCUT2D eigenvalue weighted by atomic mass is 10.1. The maximum absolute atomic E-state index is 12.1. The summed E-state index contributed by atoms with van der Waals surface area (Å²) >= 11 is 0. The quantitative estimate of drug-likeness (QED) is 0.683. The molecule has 0 aliphatic carbocycles. The molecule has 2 aromatic carbocycles. The van der Waals surface area contributed by atoms with E-state index in [0.29, 0.717) is 16.9 Å². The van der Waals surface area contributed by atoms with Crippen molar-refractivity contribution >= 4 is 17.7 Å². The molecular formula is C19H21N3O4. The summed E-state index contributed by atoms with van der Waals surface area (Å²) in [6.45, 7) is 1.74. The molecule has 0 bridgehead atoms. The topological polar surface area (TPSA) is 96.5 Å². The van der Waals surface area contributed by atoms with Crippen LogP contribution in [0.15, 0.2) is 48.5 Å². The molecule has 0 unspecified atom stereocenters. The fourth-order valence-electron chi connectivity index (χ4n) is 2.22. The zero-order chi connectivity index (χ0) is 18.9. The molecule has 3 N–H and O–H groups in total. The number of carbonyl (C=O) groups excluding carboxylic acids is 3. The number of hydrogen-bond donors (Lipinski definition) is 3. The third-order valence-corrected chi connectivity index (χ3v) is 3.70. The van der Waals surface area contributed by atoms with Crippen molar-refractivity contribution in [1.82, 2.24) is 16.2 Å². The maximum Gasteiger partial charge on any atom is 0.269 e. The van der Waals surface area contributed by atoms with Crippen molar-refractivity contribution in [3.8, 4) is 5.75 Å². The number of para-hydroxylation sites is 1. The van der Waals surface area contributed by atoms with Crippen LogP contribution in [0.5, 0.6) is 5.75 Å². The van der Waals surface area contributed by atoms with Crippen LogP contribution in [-0.4, -0.2) is 31.4 Å². The maximum atomic E-state index is 12.1. The number of amides is 3. The van der Waals surface area contributed by atoms with E-state index in [2.05, 4.69) is 16.2 Å². The molecule has 136 valence electrons. The molecule has 2 rings (SSSR count). The first-order valence-corrected chi connectivity index (χ1v) is 8.14. The number of hydrogen-bond acceptors (Lipinski definition) is 4. The van der Waals surface area contributed by atoms with Crippen molar-refractivity contribution in [3.63, 3.8) is 0 Å². The number of rotatable bonds is 6. The van der Waals surface area contributed by atoms with Gasteiger partial charge in [-0.25, -0.2) is 0 Å². The summed E-state index contributed by atoms with van der Waals surface area (Å²) < 4.78 is 5.10. The molecular weight excluding hydrogens is 334 g/mol. The molecule has 0 fully saturated rings. The van der Waals surface area contributed by atoms with Crippen LogP contribution in [0.2, 0.25) is 0 Å². The predicted octanol–water partition coefficient (Wildman–Crippen LogP) is 1.45. The Labute approximate surface area is 151 Å². The first kappa shape index (κ1) is 19.0. The van der Waals surface area contributed by atoms with Crippen molar-refractivity contribution in [2.24, 2.45) is 0 Å². The van der Waals surface area contributed by atoms with E-state index in [-0.39, 0.29) is 6.54 Å². The fourth-order valence-corrected chi connectivity index (χ4v) is 2.22. The van der Waals surface area contributed by atoms with Crippen molar-refractivity contribution in [1.29, 1.82) is 0 Å². The normalized spacial score (nSPS) is 9.92. The summed E-state index contributed by atoms with van der Waals surface area (Å²) in [6, 6.07) is 13.8. The van der Waals surface area contributed by atoms with Crippen LogP contribution in [0.3, 0.4) is 0 Å². The second-order valence-electron chi connectivity index (χ2n) is 5.44. The number of hydrazine groups is 1. The van der Waals surface area contributed by atoms with Gasteiger partial charge >= 0.3 is 0 Å². The Morgan fingerprint density at radius 1 is 0.923 bits per heavy atom. The van der Waals surface area contributed by atoms with E-state index in [1.165, 1.54) is 7.11 Å². The van der Waals surface area contributed by atoms with E-state index in [4.69, 9.17) is 4.74 Å². The third-order valence-electron chi connectivity index (χ3n) is 3.70. The lowest BCUT2D eigenvalue weighted by molar-refractivity contribution is -0.120. The van der Waals surface area contributed by atoms with Gasteiger partial charge in [0.25, 0.3) is 17.7 Å². The third kappa shape index (κ3) is 5.07. The molecule has 0 aliphatic heterocycles. The van der Waals surface area contributed by atoms with E-state index >= 15 is 0 Å². The number of ether oxygens (including phenoxy) is 1. The van der Waals surface area contributed by atoms with Gasteiger partial charge in [-0.1, -0.05) is 31.2 Å². The predicted molar refractivity (Wildman–Crippen MR) is 96.8 cm³/mol. The van der Waals surface area contributed by atoms with Gasteiger partial charge in [-0.05, 0) is 36.2 Å². The second kappa shape index (κ2) is 9.22. The van der Waals surface area contributed by atoms with E-state index in [1.807, 2.05) is 19.1 Å². The van der Waals surface area contributed by atoms with Crippen LogP contribution in [-0.2, 0) is 11.2 Å². The highest BCUT2D eigenvalue weighted by molar-refractivity contribution is 5.99. The molecule has 0 heterocycles. The number of aryl methyl sites for hydroxylation is 1. The molecule has 0 spiro atoms. The van der Waals surface area contributed by atoms with Crippen LogP contribution < -0.4 is 20.9 Å². The highest BCUT2D eigenvalue weighted by atomic mass is 16.5. The molecule has 2 aromatic rings. The summed E-state index contributed by atoms with van der Waals surface area (Å²) in [5.74, 6) is -1.02. The van der Waals surface area contributed by atoms with Crippen LogP contribution in [0.4, 0.5) is 0 Å². The second-order valence-corrected chi connectivity index (χ2v) is 5.44. The van der Waals surface area contributed by atoms with Crippen molar-refractivity contribution in [2.75, 3.05) is 13.7 Å². The Morgan fingerprint density at radius 3 is 2.27 bits per heavy atom. The van der Waals surface area contributed by atoms with Gasteiger partial charge in [-0.2, -0.15) is 0 Å². The summed E-state index contributed by atoms with van der Waals surface area (Å²) in [5, 5.41) is 2.47. The molecule has 0 aliphatic rings. The molecule has 0 saturated heterocycles. The largest absolute Gasteiger partial charge is 0.496 e. The lowest BCUT2D eigenvalue weighted by Gasteiger charge is -2.10. The van der Waals surface area contributed by atoms with Crippen molar-refractivity contribution in [3.05, 3.63) is 65.2 Å². The zero-order valence-electron chi connectivity index (χ0n) is 14.7. The molecule has 0 radical (unpaired) electrons. The van der Waals surface area contributed by atoms with Crippen LogP contribution in [0.25, 0.3) is 0 Å². The molecule has 3 amide bonds. The van der Waals surface area contributed by atoms with Crippen molar-refractivity contribution in [2.45, 2.75) is 13.3 Å². The van der Waals surface area contributed by atoms with Gasteiger partial charge in [0.05, 0.1) is 19.2 Å². The number of methoxy groups -OCH3 is 1. The van der Waals surface area contributed by atoms with Gasteiger partial charge in [0.1, 0.15) is 5.75 Å². The van der Waals surface area contributed by atoms with Gasteiger partial charge in [-0.15, -0.1) is 0 Å². The minimum absolute atomic E-state index is 0.286. The smallest absolute Gasteiger partial charge is 0.269 e. The molecule has 26 heavy (non-hydrogen) atoms. The van der Waals surface area contributed by atoms with E-state index in [1.54, 1.807) is 36.4 Å². The summed E-state index contributed by atoms with van der Waals surface area (Å²) in [4.78, 5) is 35.9. The summed E-state index contributed by atoms with van der Waals surface area (Å²) in [6.07, 6.45) is 0.879. The minimum atomic E-state index is -0.549. The Bertz CT molecular complexity index is 788. The first-order chi connectivity index (χ1) is 12.5. The SMILES string of the molecule is CCc1ccc(C(=O)NNC(=O)CNC(=O)c2ccccc2OC)cc1. The zero-order valence-corrected chi connectivity index (χ0v) is 14.7. The van der Waals surface area contributed by atoms with Gasteiger partial charge in [0.15, 0.2) is 0 Å². The van der Waals surface area contributed by atoms with Crippen LogP contribution in [0, 0.1) is 0 Å². The Morgan fingerprint density at radius 2 is 1.62 bits per heavy atom. The standard InChI is InChI=1S/C19H21N3O4/c1-3-13-8-10-14(11-9-13)18(24)22-21-17(23)12-20-19(25)15-6-4-5-7-16(15)26-2/h4-11H,3,12H2,1-2H3,(H,20,25)(H,21,23)(H,22,24). The number of carbonyl (C=O) groups is 3. The molecule has 7 heteroatoms. The number of benzene rings is 2. The molecule has 0 saturated carbocycles. The molecule has 0 atom stereocenters. The highest BCUT2D eigenvalue weighted by Crippen LogP contribution is 2.16. The van der Waals surface area contributed by atoms with Gasteiger partial charge < -0.3 is 10.1 Å². The van der Waals surface area contributed by atoms with Crippen LogP contribution >= 0.6 is 0 Å². The fraction of sp³-hybridized carbons (Fsp3) is 0.211. The Hall–Kier alpha value is -3.35. The van der Waals surface area contributed by atoms with E-state index in [0.717, 1.165) is 12.0 Å². The minimum Gasteiger partial charge on any atom is -0.496 e. The van der Waals surface area contributed by atoms with Gasteiger partial charge in [0, 0.05) is 5.56 Å². The Balaban J connectivity index is 1.81. The van der Waals surface area contributed by atoms with E-state index < -0.39 is 17.7 Å². The molecule has 7 nitrogen and oxygen atoms in total. The number of nitrogens with one attached hydrogen (secondary N) is 3. The Kier molecular flexibility index (Phi) is 6.73. The van der Waals surface area contributed by atoms with Gasteiger partial charge in [-0.3, -0.25) is 25.2 Å².